The second-order valence-electron chi connectivity index (χ2n) is 16.3. The molecule has 0 heterocycles. The number of para-hydroxylation sites is 2. The molecule has 0 aliphatic rings. The highest BCUT2D eigenvalue weighted by Crippen LogP contribution is 2.42. The molecule has 0 radical (unpaired) electrons. The Morgan fingerprint density at radius 1 is 0.345 bits per heavy atom. The van der Waals surface area contributed by atoms with Crippen LogP contribution >= 0.6 is 0 Å². The number of anilines is 6. The molecule has 2 nitrogen and oxygen atoms in total. The van der Waals surface area contributed by atoms with Crippen molar-refractivity contribution >= 4 is 34.1 Å². The lowest BCUT2D eigenvalue weighted by Crippen LogP contribution is -2.12. The van der Waals surface area contributed by atoms with Gasteiger partial charge < -0.3 is 9.80 Å². The van der Waals surface area contributed by atoms with E-state index in [1.165, 1.54) is 92.9 Å². The minimum Gasteiger partial charge on any atom is -0.310 e. The largest absolute Gasteiger partial charge is 0.310 e. The SMILES string of the molecule is CCCCc1ccc(N(c2ccc(-c3ccc(-c4ccc(N(c5ccc(CCCC)cc5)c5ccccc5C(C)C)cc4)cc3)cc2)c2ccccc2C(C)C)cc1. The van der Waals surface area contributed by atoms with Crippen molar-refractivity contribution in [2.75, 3.05) is 9.80 Å². The molecule has 0 fully saturated rings. The number of unbranched alkanes of at least 4 members (excludes halogenated alkanes) is 2. The quantitative estimate of drug-likeness (QED) is 0.0968. The third-order valence-electron chi connectivity index (χ3n) is 11.4. The number of rotatable bonds is 16. The zero-order valence-electron chi connectivity index (χ0n) is 35.5. The highest BCUT2D eigenvalue weighted by atomic mass is 15.1. The van der Waals surface area contributed by atoms with Gasteiger partial charge in [-0.2, -0.15) is 0 Å². The molecule has 0 aliphatic carbocycles. The summed E-state index contributed by atoms with van der Waals surface area (Å²) in [6, 6.07) is 63.2. The van der Waals surface area contributed by atoms with Crippen molar-refractivity contribution in [2.45, 2.75) is 91.9 Å². The Labute approximate surface area is 348 Å². The van der Waals surface area contributed by atoms with Crippen LogP contribution in [0.4, 0.5) is 34.1 Å². The highest BCUT2D eigenvalue weighted by molar-refractivity contribution is 5.82. The Morgan fingerprint density at radius 3 is 0.914 bits per heavy atom. The Hall–Kier alpha value is -5.86. The summed E-state index contributed by atoms with van der Waals surface area (Å²) in [5.74, 6) is 0.814. The van der Waals surface area contributed by atoms with Crippen LogP contribution in [0.5, 0.6) is 0 Å². The van der Waals surface area contributed by atoms with Crippen LogP contribution in [0.3, 0.4) is 0 Å². The first-order valence-corrected chi connectivity index (χ1v) is 21.6. The number of aryl methyl sites for hydroxylation is 2. The van der Waals surface area contributed by atoms with E-state index in [1.54, 1.807) is 0 Å². The summed E-state index contributed by atoms with van der Waals surface area (Å²) in [5.41, 5.74) is 17.5. The molecule has 7 aromatic rings. The Kier molecular flexibility index (Phi) is 13.3. The Balaban J connectivity index is 1.14. The molecule has 294 valence electrons. The van der Waals surface area contributed by atoms with Gasteiger partial charge in [-0.3, -0.25) is 0 Å². The summed E-state index contributed by atoms with van der Waals surface area (Å²) >= 11 is 0. The third-order valence-corrected chi connectivity index (χ3v) is 11.4. The van der Waals surface area contributed by atoms with Crippen molar-refractivity contribution in [3.05, 3.63) is 192 Å². The molecule has 7 rings (SSSR count). The zero-order valence-corrected chi connectivity index (χ0v) is 35.5. The van der Waals surface area contributed by atoms with Gasteiger partial charge in [0.2, 0.25) is 0 Å². The summed E-state index contributed by atoms with van der Waals surface area (Å²) in [4.78, 5) is 4.83. The Bertz CT molecular complexity index is 2160. The van der Waals surface area contributed by atoms with Gasteiger partial charge in [0.05, 0.1) is 0 Å². The van der Waals surface area contributed by atoms with Gasteiger partial charge in [-0.25, -0.2) is 0 Å². The standard InChI is InChI=1S/C56H60N2/c1-7-9-15-43-21-33-49(34-22-43)57(55-19-13-11-17-53(55)41(3)4)51-37-29-47(30-38-51)45-25-27-46(28-26-45)48-31-39-52(40-32-48)58(56-20-14-12-18-54(56)42(5)6)50-35-23-44(24-36-50)16-10-8-2/h11-14,17-42H,7-10,15-16H2,1-6H3. The van der Waals surface area contributed by atoms with Gasteiger partial charge >= 0.3 is 0 Å². The molecule has 0 bridgehead atoms. The maximum atomic E-state index is 2.42. The fraction of sp³-hybridized carbons (Fsp3) is 0.250. The summed E-state index contributed by atoms with van der Waals surface area (Å²) < 4.78 is 0. The summed E-state index contributed by atoms with van der Waals surface area (Å²) in [7, 11) is 0. The van der Waals surface area contributed by atoms with E-state index < -0.39 is 0 Å². The average Bonchev–Trinajstić information content (AvgIpc) is 3.27. The molecule has 0 saturated carbocycles. The van der Waals surface area contributed by atoms with E-state index in [0.717, 1.165) is 24.2 Å². The predicted molar refractivity (Wildman–Crippen MR) is 252 cm³/mol. The maximum Gasteiger partial charge on any atom is 0.0496 e. The predicted octanol–water partition coefficient (Wildman–Crippen LogP) is 16.9. The van der Waals surface area contributed by atoms with Gasteiger partial charge in [0.15, 0.2) is 0 Å². The highest BCUT2D eigenvalue weighted by Gasteiger charge is 2.19. The third kappa shape index (κ3) is 9.29. The fourth-order valence-electron chi connectivity index (χ4n) is 8.06. The van der Waals surface area contributed by atoms with Crippen LogP contribution in [0.15, 0.2) is 170 Å². The zero-order chi connectivity index (χ0) is 40.4. The van der Waals surface area contributed by atoms with Crippen molar-refractivity contribution < 1.29 is 0 Å². The molecule has 0 aromatic heterocycles. The minimum atomic E-state index is 0.407. The molecule has 0 saturated heterocycles. The van der Waals surface area contributed by atoms with E-state index in [0.29, 0.717) is 11.8 Å². The second kappa shape index (κ2) is 19.1. The fourth-order valence-corrected chi connectivity index (χ4v) is 8.06. The Morgan fingerprint density at radius 2 is 0.621 bits per heavy atom. The summed E-state index contributed by atoms with van der Waals surface area (Å²) in [6.07, 6.45) is 7.10. The van der Waals surface area contributed by atoms with Crippen LogP contribution in [-0.4, -0.2) is 0 Å². The van der Waals surface area contributed by atoms with Crippen LogP contribution in [0.1, 0.15) is 101 Å². The topological polar surface area (TPSA) is 6.48 Å². The van der Waals surface area contributed by atoms with E-state index in [4.69, 9.17) is 0 Å². The van der Waals surface area contributed by atoms with Crippen molar-refractivity contribution in [3.8, 4) is 22.3 Å². The van der Waals surface area contributed by atoms with Crippen LogP contribution in [0.2, 0.25) is 0 Å². The normalized spacial score (nSPS) is 11.3. The van der Waals surface area contributed by atoms with Crippen LogP contribution in [0.25, 0.3) is 22.3 Å². The number of hydrogen-bond acceptors (Lipinski definition) is 2. The van der Waals surface area contributed by atoms with Crippen molar-refractivity contribution in [1.82, 2.24) is 0 Å². The van der Waals surface area contributed by atoms with Crippen LogP contribution in [0, 0.1) is 0 Å². The van der Waals surface area contributed by atoms with E-state index in [2.05, 4.69) is 221 Å². The average molecular weight is 761 g/mol. The van der Waals surface area contributed by atoms with E-state index in [9.17, 15) is 0 Å². The van der Waals surface area contributed by atoms with Gasteiger partial charge in [0.1, 0.15) is 0 Å². The lowest BCUT2D eigenvalue weighted by Gasteiger charge is -2.29. The molecule has 7 aromatic carbocycles. The molecule has 0 spiro atoms. The smallest absolute Gasteiger partial charge is 0.0496 e. The van der Waals surface area contributed by atoms with Crippen LogP contribution in [-0.2, 0) is 12.8 Å². The molecule has 0 N–H and O–H groups in total. The summed E-state index contributed by atoms with van der Waals surface area (Å²) in [6.45, 7) is 13.6. The van der Waals surface area contributed by atoms with Gasteiger partial charge in [0.25, 0.3) is 0 Å². The summed E-state index contributed by atoms with van der Waals surface area (Å²) in [5, 5.41) is 0. The van der Waals surface area contributed by atoms with Crippen molar-refractivity contribution in [1.29, 1.82) is 0 Å². The number of benzene rings is 7. The number of hydrogen-bond donors (Lipinski definition) is 0. The van der Waals surface area contributed by atoms with Gasteiger partial charge in [0, 0.05) is 34.1 Å². The van der Waals surface area contributed by atoms with Crippen LogP contribution < -0.4 is 9.80 Å². The van der Waals surface area contributed by atoms with E-state index >= 15 is 0 Å². The van der Waals surface area contributed by atoms with Gasteiger partial charge in [-0.05, 0) is 143 Å². The van der Waals surface area contributed by atoms with E-state index in [1.807, 2.05) is 0 Å². The first kappa shape index (κ1) is 40.3. The molecule has 2 heteroatoms. The molecular weight excluding hydrogens is 701 g/mol. The first-order chi connectivity index (χ1) is 28.3. The maximum absolute atomic E-state index is 2.42. The molecule has 58 heavy (non-hydrogen) atoms. The van der Waals surface area contributed by atoms with Crippen molar-refractivity contribution in [2.24, 2.45) is 0 Å². The number of nitrogens with zero attached hydrogens (tertiary/aromatic N) is 2. The molecule has 0 unspecified atom stereocenters. The monoisotopic (exact) mass is 760 g/mol. The second-order valence-corrected chi connectivity index (χ2v) is 16.3. The van der Waals surface area contributed by atoms with Gasteiger partial charge in [-0.15, -0.1) is 0 Å². The van der Waals surface area contributed by atoms with Gasteiger partial charge in [-0.1, -0.05) is 164 Å². The first-order valence-electron chi connectivity index (χ1n) is 21.6. The minimum absolute atomic E-state index is 0.407. The lowest BCUT2D eigenvalue weighted by atomic mass is 9.97. The lowest BCUT2D eigenvalue weighted by molar-refractivity contribution is 0.795. The molecule has 0 amide bonds. The molecule has 0 aliphatic heterocycles. The molecular formula is C56H60N2. The van der Waals surface area contributed by atoms with Crippen molar-refractivity contribution in [3.63, 3.8) is 0 Å². The molecule has 0 atom stereocenters. The van der Waals surface area contributed by atoms with E-state index in [-0.39, 0.29) is 0 Å².